The first-order valence-corrected chi connectivity index (χ1v) is 5.56. The lowest BCUT2D eigenvalue weighted by atomic mass is 10.1. The minimum Gasteiger partial charge on any atom is -0.476 e. The summed E-state index contributed by atoms with van der Waals surface area (Å²) in [6.07, 6.45) is 0. The van der Waals surface area contributed by atoms with E-state index in [1.54, 1.807) is 13.8 Å². The van der Waals surface area contributed by atoms with Gasteiger partial charge in [-0.15, -0.1) is 0 Å². The van der Waals surface area contributed by atoms with Crippen LogP contribution in [0.3, 0.4) is 0 Å². The number of esters is 1. The van der Waals surface area contributed by atoms with Gasteiger partial charge in [-0.25, -0.2) is 4.79 Å². The van der Waals surface area contributed by atoms with Crippen LogP contribution in [0.15, 0.2) is 24.3 Å². The van der Waals surface area contributed by atoms with Gasteiger partial charge < -0.3 is 9.47 Å². The van der Waals surface area contributed by atoms with Crippen molar-refractivity contribution in [2.24, 2.45) is 0 Å². The zero-order chi connectivity index (χ0) is 11.5. The van der Waals surface area contributed by atoms with Crippen LogP contribution in [0.1, 0.15) is 13.8 Å². The van der Waals surface area contributed by atoms with E-state index in [0.29, 0.717) is 5.75 Å². The van der Waals surface area contributed by atoms with Crippen LogP contribution >= 0.6 is 22.6 Å². The highest BCUT2D eigenvalue weighted by Gasteiger charge is 2.30. The van der Waals surface area contributed by atoms with Crippen LogP contribution in [0, 0.1) is 3.57 Å². The van der Waals surface area contributed by atoms with Crippen molar-refractivity contribution in [2.75, 3.05) is 7.11 Å². The maximum atomic E-state index is 11.4. The minimum atomic E-state index is -0.959. The number of hydrogen-bond acceptors (Lipinski definition) is 3. The van der Waals surface area contributed by atoms with E-state index in [9.17, 15) is 4.79 Å². The van der Waals surface area contributed by atoms with Crippen LogP contribution in [0.25, 0.3) is 0 Å². The molecule has 0 N–H and O–H groups in total. The SMILES string of the molecule is COC(=O)C(C)(C)Oc1cccc(I)c1. The van der Waals surface area contributed by atoms with Crippen molar-refractivity contribution in [3.63, 3.8) is 0 Å². The van der Waals surface area contributed by atoms with Gasteiger partial charge in [0.1, 0.15) is 5.75 Å². The van der Waals surface area contributed by atoms with E-state index in [-0.39, 0.29) is 5.97 Å². The molecule has 0 aliphatic rings. The molecule has 0 aliphatic carbocycles. The Bertz CT molecular complexity index is 361. The number of methoxy groups -OCH3 is 1. The van der Waals surface area contributed by atoms with Crippen LogP contribution in [0.2, 0.25) is 0 Å². The molecule has 0 radical (unpaired) electrons. The maximum Gasteiger partial charge on any atom is 0.349 e. The topological polar surface area (TPSA) is 35.5 Å². The molecule has 0 spiro atoms. The van der Waals surface area contributed by atoms with Gasteiger partial charge in [0.2, 0.25) is 0 Å². The molecule has 0 aromatic heterocycles. The summed E-state index contributed by atoms with van der Waals surface area (Å²) < 4.78 is 11.3. The van der Waals surface area contributed by atoms with Crippen LogP contribution in [-0.2, 0) is 9.53 Å². The van der Waals surface area contributed by atoms with E-state index < -0.39 is 5.60 Å². The van der Waals surface area contributed by atoms with Crippen molar-refractivity contribution in [1.82, 2.24) is 0 Å². The summed E-state index contributed by atoms with van der Waals surface area (Å²) >= 11 is 2.19. The molecule has 0 aliphatic heterocycles. The number of rotatable bonds is 3. The molecule has 0 atom stereocenters. The second kappa shape index (κ2) is 4.83. The van der Waals surface area contributed by atoms with Gasteiger partial charge in [-0.05, 0) is 54.6 Å². The molecule has 0 fully saturated rings. The molecule has 1 aromatic carbocycles. The lowest BCUT2D eigenvalue weighted by molar-refractivity contribution is -0.156. The molecule has 4 heteroatoms. The van der Waals surface area contributed by atoms with Crippen molar-refractivity contribution >= 4 is 28.6 Å². The fourth-order valence-electron chi connectivity index (χ4n) is 1.11. The van der Waals surface area contributed by atoms with E-state index in [2.05, 4.69) is 27.3 Å². The monoisotopic (exact) mass is 320 g/mol. The Hall–Kier alpha value is -0.780. The summed E-state index contributed by atoms with van der Waals surface area (Å²) in [6.45, 7) is 3.36. The minimum absolute atomic E-state index is 0.388. The van der Waals surface area contributed by atoms with E-state index in [1.807, 2.05) is 24.3 Å². The fourth-order valence-corrected chi connectivity index (χ4v) is 1.63. The van der Waals surface area contributed by atoms with Crippen molar-refractivity contribution in [3.8, 4) is 5.75 Å². The van der Waals surface area contributed by atoms with Crippen molar-refractivity contribution in [3.05, 3.63) is 27.8 Å². The Labute approximate surface area is 103 Å². The molecule has 0 unspecified atom stereocenters. The zero-order valence-corrected chi connectivity index (χ0v) is 11.1. The molecule has 0 saturated carbocycles. The molecule has 82 valence electrons. The molecule has 1 rings (SSSR count). The first-order chi connectivity index (χ1) is 6.95. The van der Waals surface area contributed by atoms with Gasteiger partial charge in [-0.3, -0.25) is 0 Å². The lowest BCUT2D eigenvalue weighted by Gasteiger charge is -2.23. The highest BCUT2D eigenvalue weighted by Crippen LogP contribution is 2.21. The normalized spacial score (nSPS) is 10.9. The molecule has 0 heterocycles. The highest BCUT2D eigenvalue weighted by molar-refractivity contribution is 14.1. The third kappa shape index (κ3) is 3.37. The number of benzene rings is 1. The molecule has 0 amide bonds. The molecule has 0 bridgehead atoms. The molecule has 0 saturated heterocycles. The number of carbonyl (C=O) groups excluding carboxylic acids is 1. The first kappa shape index (κ1) is 12.3. The first-order valence-electron chi connectivity index (χ1n) is 4.49. The van der Waals surface area contributed by atoms with Crippen LogP contribution < -0.4 is 4.74 Å². The average molecular weight is 320 g/mol. The molecular formula is C11H13IO3. The third-order valence-corrected chi connectivity index (χ3v) is 2.52. The zero-order valence-electron chi connectivity index (χ0n) is 8.91. The van der Waals surface area contributed by atoms with Gasteiger partial charge in [-0.1, -0.05) is 6.07 Å². The molecular weight excluding hydrogens is 307 g/mol. The maximum absolute atomic E-state index is 11.4. The number of ether oxygens (including phenoxy) is 2. The van der Waals surface area contributed by atoms with Crippen molar-refractivity contribution in [1.29, 1.82) is 0 Å². The van der Waals surface area contributed by atoms with Crippen LogP contribution in [-0.4, -0.2) is 18.7 Å². The second-order valence-corrected chi connectivity index (χ2v) is 4.81. The standard InChI is InChI=1S/C11H13IO3/c1-11(2,10(13)14-3)15-9-6-4-5-8(12)7-9/h4-7H,1-3H3. The predicted molar refractivity (Wildman–Crippen MR) is 65.9 cm³/mol. The van der Waals surface area contributed by atoms with Gasteiger partial charge in [0, 0.05) is 3.57 Å². The second-order valence-electron chi connectivity index (χ2n) is 3.56. The predicted octanol–water partition coefficient (Wildman–Crippen LogP) is 2.62. The van der Waals surface area contributed by atoms with Gasteiger partial charge in [0.15, 0.2) is 5.60 Å². The Morgan fingerprint density at radius 1 is 1.40 bits per heavy atom. The number of hydrogen-bond donors (Lipinski definition) is 0. The summed E-state index contributed by atoms with van der Waals surface area (Å²) in [4.78, 5) is 11.4. The van der Waals surface area contributed by atoms with Crippen LogP contribution in [0.4, 0.5) is 0 Å². The Morgan fingerprint density at radius 2 is 2.07 bits per heavy atom. The number of carbonyl (C=O) groups is 1. The number of halogens is 1. The van der Waals surface area contributed by atoms with Gasteiger partial charge in [0.05, 0.1) is 7.11 Å². The Balaban J connectivity index is 2.81. The van der Waals surface area contributed by atoms with E-state index in [0.717, 1.165) is 3.57 Å². The van der Waals surface area contributed by atoms with Gasteiger partial charge >= 0.3 is 5.97 Å². The smallest absolute Gasteiger partial charge is 0.349 e. The van der Waals surface area contributed by atoms with Crippen molar-refractivity contribution < 1.29 is 14.3 Å². The summed E-state index contributed by atoms with van der Waals surface area (Å²) in [7, 11) is 1.35. The summed E-state index contributed by atoms with van der Waals surface area (Å²) in [6, 6.07) is 7.52. The third-order valence-electron chi connectivity index (χ3n) is 1.85. The lowest BCUT2D eigenvalue weighted by Crippen LogP contribution is -2.39. The Kier molecular flexibility index (Phi) is 3.96. The quantitative estimate of drug-likeness (QED) is 0.634. The highest BCUT2D eigenvalue weighted by atomic mass is 127. The largest absolute Gasteiger partial charge is 0.476 e. The van der Waals surface area contributed by atoms with E-state index >= 15 is 0 Å². The van der Waals surface area contributed by atoms with E-state index in [1.165, 1.54) is 7.11 Å². The molecule has 3 nitrogen and oxygen atoms in total. The van der Waals surface area contributed by atoms with Gasteiger partial charge in [0.25, 0.3) is 0 Å². The van der Waals surface area contributed by atoms with Crippen molar-refractivity contribution in [2.45, 2.75) is 19.4 Å². The van der Waals surface area contributed by atoms with E-state index in [4.69, 9.17) is 4.74 Å². The molecule has 1 aromatic rings. The Morgan fingerprint density at radius 3 is 2.60 bits per heavy atom. The summed E-state index contributed by atoms with van der Waals surface area (Å²) in [5.74, 6) is 0.277. The molecule has 15 heavy (non-hydrogen) atoms. The average Bonchev–Trinajstić information content (AvgIpc) is 2.15. The van der Waals surface area contributed by atoms with Gasteiger partial charge in [-0.2, -0.15) is 0 Å². The summed E-state index contributed by atoms with van der Waals surface area (Å²) in [5.41, 5.74) is -0.959. The van der Waals surface area contributed by atoms with Crippen LogP contribution in [0.5, 0.6) is 5.75 Å². The summed E-state index contributed by atoms with van der Waals surface area (Å²) in [5, 5.41) is 0. The fraction of sp³-hybridized carbons (Fsp3) is 0.364.